The van der Waals surface area contributed by atoms with Crippen LogP contribution in [0.25, 0.3) is 5.65 Å². The Morgan fingerprint density at radius 1 is 1.62 bits per heavy atom. The van der Waals surface area contributed by atoms with E-state index in [4.69, 9.17) is 12.2 Å². The van der Waals surface area contributed by atoms with E-state index in [1.54, 1.807) is 6.20 Å². The van der Waals surface area contributed by atoms with Gasteiger partial charge in [-0.25, -0.2) is 4.79 Å². The molecule has 2 aromatic rings. The van der Waals surface area contributed by atoms with Gasteiger partial charge in [-0.3, -0.25) is 4.98 Å². The maximum atomic E-state index is 11.3. The number of aromatic nitrogens is 4. The summed E-state index contributed by atoms with van der Waals surface area (Å²) in [6, 6.07) is 0. The molecule has 0 spiro atoms. The van der Waals surface area contributed by atoms with Crippen LogP contribution >= 0.6 is 12.2 Å². The molecule has 6 heteroatoms. The number of nitrogens with one attached hydrogen (secondary N) is 2. The minimum atomic E-state index is -0.307. The van der Waals surface area contributed by atoms with Gasteiger partial charge in [-0.05, 0) is 18.6 Å². The van der Waals surface area contributed by atoms with Crippen LogP contribution in [-0.2, 0) is 6.42 Å². The molecule has 0 unspecified atom stereocenters. The van der Waals surface area contributed by atoms with Gasteiger partial charge in [0.15, 0.2) is 4.77 Å². The number of fused-ring (bicyclic) bond motifs is 1. The molecule has 68 valence electrons. The van der Waals surface area contributed by atoms with E-state index in [9.17, 15) is 4.79 Å². The largest absolute Gasteiger partial charge is 0.350 e. The third-order valence-electron chi connectivity index (χ3n) is 1.87. The predicted octanol–water partition coefficient (Wildman–Crippen LogP) is 0.643. The van der Waals surface area contributed by atoms with E-state index in [2.05, 4.69) is 15.1 Å². The lowest BCUT2D eigenvalue weighted by atomic mass is 10.3. The fourth-order valence-corrected chi connectivity index (χ4v) is 1.40. The van der Waals surface area contributed by atoms with Crippen molar-refractivity contribution < 1.29 is 0 Å². The first-order chi connectivity index (χ1) is 6.22. The minimum absolute atomic E-state index is 0.307. The molecular formula is C7H8N4OS. The van der Waals surface area contributed by atoms with Crippen LogP contribution in [0.3, 0.4) is 0 Å². The fraction of sp³-hybridized carbons (Fsp3) is 0.286. The first-order valence-electron chi connectivity index (χ1n) is 3.91. The van der Waals surface area contributed by atoms with Gasteiger partial charge in [0.25, 0.3) is 0 Å². The van der Waals surface area contributed by atoms with Crippen molar-refractivity contribution in [3.8, 4) is 0 Å². The molecule has 2 heterocycles. The van der Waals surface area contributed by atoms with Crippen molar-refractivity contribution in [2.24, 2.45) is 0 Å². The molecule has 0 amide bonds. The molecule has 0 radical (unpaired) electrons. The second-order valence-corrected chi connectivity index (χ2v) is 3.08. The van der Waals surface area contributed by atoms with Gasteiger partial charge in [-0.1, -0.05) is 6.92 Å². The Labute approximate surface area is 78.4 Å². The number of aryl methyl sites for hydroxylation is 1. The van der Waals surface area contributed by atoms with Crippen molar-refractivity contribution in [3.05, 3.63) is 27.0 Å². The summed E-state index contributed by atoms with van der Waals surface area (Å²) in [6.45, 7) is 2.00. The first kappa shape index (κ1) is 8.18. The molecule has 0 aromatic carbocycles. The number of hydrogen-bond acceptors (Lipinski definition) is 3. The molecule has 13 heavy (non-hydrogen) atoms. The van der Waals surface area contributed by atoms with Gasteiger partial charge in [0.05, 0.1) is 6.20 Å². The van der Waals surface area contributed by atoms with Crippen LogP contribution in [0, 0.1) is 4.77 Å². The van der Waals surface area contributed by atoms with E-state index >= 15 is 0 Å². The molecule has 0 atom stereocenters. The van der Waals surface area contributed by atoms with Gasteiger partial charge >= 0.3 is 5.69 Å². The molecule has 5 nitrogen and oxygen atoms in total. The molecule has 2 aromatic heterocycles. The standard InChI is InChI=1S/C7H8N4OS/c1-2-4-3-8-11-5(4)9-6(13)10-7(11)12/h3H,2H2,1H3,(H2,9,10,12,13). The SMILES string of the molecule is CCc1cnn2c(=O)[nH]c(=S)[nH]c12. The summed E-state index contributed by atoms with van der Waals surface area (Å²) >= 11 is 4.85. The van der Waals surface area contributed by atoms with Crippen molar-refractivity contribution in [3.63, 3.8) is 0 Å². The van der Waals surface area contributed by atoms with E-state index in [1.807, 2.05) is 6.92 Å². The van der Waals surface area contributed by atoms with Crippen LogP contribution in [0.2, 0.25) is 0 Å². The van der Waals surface area contributed by atoms with Crippen LogP contribution in [0.5, 0.6) is 0 Å². The van der Waals surface area contributed by atoms with Gasteiger partial charge in [-0.15, -0.1) is 0 Å². The summed E-state index contributed by atoms with van der Waals surface area (Å²) in [5, 5.41) is 3.93. The van der Waals surface area contributed by atoms with Gasteiger partial charge in [0.1, 0.15) is 5.65 Å². The minimum Gasteiger partial charge on any atom is -0.317 e. The molecule has 2 rings (SSSR count). The number of rotatable bonds is 1. The lowest BCUT2D eigenvalue weighted by molar-refractivity contribution is 0.833. The lowest BCUT2D eigenvalue weighted by Crippen LogP contribution is -2.18. The number of H-pyrrole nitrogens is 2. The zero-order valence-electron chi connectivity index (χ0n) is 7.00. The van der Waals surface area contributed by atoms with Crippen LogP contribution in [0.15, 0.2) is 11.0 Å². The summed E-state index contributed by atoms with van der Waals surface area (Å²) < 4.78 is 1.60. The molecule has 0 aliphatic carbocycles. The average molecular weight is 196 g/mol. The van der Waals surface area contributed by atoms with Crippen molar-refractivity contribution in [2.75, 3.05) is 0 Å². The Balaban J connectivity index is 2.98. The van der Waals surface area contributed by atoms with E-state index in [0.29, 0.717) is 10.4 Å². The number of nitrogens with zero attached hydrogens (tertiary/aromatic N) is 2. The predicted molar refractivity (Wildman–Crippen MR) is 50.4 cm³/mol. The third-order valence-corrected chi connectivity index (χ3v) is 2.07. The maximum absolute atomic E-state index is 11.3. The zero-order valence-corrected chi connectivity index (χ0v) is 7.81. The van der Waals surface area contributed by atoms with Crippen LogP contribution in [0.1, 0.15) is 12.5 Å². The van der Waals surface area contributed by atoms with Gasteiger partial charge in [0, 0.05) is 5.56 Å². The van der Waals surface area contributed by atoms with Gasteiger partial charge < -0.3 is 4.98 Å². The fourth-order valence-electron chi connectivity index (χ4n) is 1.22. The smallest absolute Gasteiger partial charge is 0.317 e. The van der Waals surface area contributed by atoms with Crippen molar-refractivity contribution in [2.45, 2.75) is 13.3 Å². The number of aromatic amines is 2. The topological polar surface area (TPSA) is 66.0 Å². The molecule has 0 aliphatic rings. The highest BCUT2D eigenvalue weighted by Gasteiger charge is 2.03. The van der Waals surface area contributed by atoms with Crippen LogP contribution < -0.4 is 5.69 Å². The highest BCUT2D eigenvalue weighted by atomic mass is 32.1. The Bertz CT molecular complexity index is 549. The van der Waals surface area contributed by atoms with Crippen molar-refractivity contribution in [1.29, 1.82) is 0 Å². The molecule has 0 saturated heterocycles. The molecule has 0 saturated carbocycles. The molecular weight excluding hydrogens is 188 g/mol. The summed E-state index contributed by atoms with van der Waals surface area (Å²) in [4.78, 5) is 16.6. The third kappa shape index (κ3) is 1.19. The summed E-state index contributed by atoms with van der Waals surface area (Å²) in [6.07, 6.45) is 2.48. The van der Waals surface area contributed by atoms with E-state index < -0.39 is 0 Å². The second-order valence-electron chi connectivity index (χ2n) is 2.67. The highest BCUT2D eigenvalue weighted by Crippen LogP contribution is 2.04. The van der Waals surface area contributed by atoms with Crippen molar-refractivity contribution >= 4 is 17.9 Å². The Hall–Kier alpha value is -1.43. The summed E-state index contributed by atoms with van der Waals surface area (Å²) in [5.74, 6) is 0. The monoisotopic (exact) mass is 196 g/mol. The van der Waals surface area contributed by atoms with E-state index in [0.717, 1.165) is 12.0 Å². The normalized spacial score (nSPS) is 10.8. The first-order valence-corrected chi connectivity index (χ1v) is 4.32. The Morgan fingerprint density at radius 3 is 3.08 bits per heavy atom. The maximum Gasteiger partial charge on any atom is 0.350 e. The quantitative estimate of drug-likeness (QED) is 0.658. The van der Waals surface area contributed by atoms with E-state index in [1.165, 1.54) is 4.52 Å². The Kier molecular flexibility index (Phi) is 1.77. The zero-order chi connectivity index (χ0) is 9.42. The van der Waals surface area contributed by atoms with E-state index in [-0.39, 0.29) is 5.69 Å². The van der Waals surface area contributed by atoms with Crippen molar-refractivity contribution in [1.82, 2.24) is 19.6 Å². The molecule has 0 bridgehead atoms. The lowest BCUT2D eigenvalue weighted by Gasteiger charge is -1.93. The molecule has 0 fully saturated rings. The van der Waals surface area contributed by atoms with Crippen LogP contribution in [0.4, 0.5) is 0 Å². The molecule has 0 aliphatic heterocycles. The second kappa shape index (κ2) is 2.81. The Morgan fingerprint density at radius 2 is 2.38 bits per heavy atom. The molecule has 2 N–H and O–H groups in total. The number of hydrogen-bond donors (Lipinski definition) is 2. The summed E-state index contributed by atoms with van der Waals surface area (Å²) in [5.41, 5.74) is 1.35. The average Bonchev–Trinajstić information content (AvgIpc) is 2.47. The summed E-state index contributed by atoms with van der Waals surface area (Å²) in [7, 11) is 0. The highest BCUT2D eigenvalue weighted by molar-refractivity contribution is 7.71. The van der Waals surface area contributed by atoms with Gasteiger partial charge in [-0.2, -0.15) is 9.61 Å². The van der Waals surface area contributed by atoms with Gasteiger partial charge in [0.2, 0.25) is 0 Å². The van der Waals surface area contributed by atoms with Crippen LogP contribution in [-0.4, -0.2) is 19.6 Å².